The summed E-state index contributed by atoms with van der Waals surface area (Å²) in [5.41, 5.74) is 14.4. The van der Waals surface area contributed by atoms with Crippen molar-refractivity contribution in [1.29, 1.82) is 0 Å². The van der Waals surface area contributed by atoms with E-state index in [2.05, 4.69) is 0 Å². The number of aromatic hydroxyl groups is 1. The van der Waals surface area contributed by atoms with E-state index in [9.17, 15) is 5.11 Å². The van der Waals surface area contributed by atoms with E-state index < -0.39 is 0 Å². The number of benzene rings is 3. The Morgan fingerprint density at radius 1 is 0.923 bits per heavy atom. The molecule has 0 radical (unpaired) electrons. The predicted octanol–water partition coefficient (Wildman–Crippen LogP) is 4.50. The molecule has 1 aliphatic rings. The topological polar surface area (TPSA) is 72.3 Å². The van der Waals surface area contributed by atoms with E-state index in [1.165, 1.54) is 0 Å². The van der Waals surface area contributed by atoms with Gasteiger partial charge in [0.1, 0.15) is 5.75 Å². The SMILES string of the molecule is Cc1ccc2ccccc2c1O.NC1=CCC(N)(c2ccccc2)C=C1. The molecule has 0 spiro atoms. The van der Waals surface area contributed by atoms with Crippen molar-refractivity contribution in [2.45, 2.75) is 18.9 Å². The molecule has 0 bridgehead atoms. The molecule has 3 aromatic rings. The van der Waals surface area contributed by atoms with Gasteiger partial charge in [-0.3, -0.25) is 0 Å². The van der Waals surface area contributed by atoms with Gasteiger partial charge in [-0.2, -0.15) is 0 Å². The van der Waals surface area contributed by atoms with E-state index >= 15 is 0 Å². The molecule has 0 aliphatic heterocycles. The Bertz CT molecular complexity index is 960. The van der Waals surface area contributed by atoms with Crippen molar-refractivity contribution in [3.05, 3.63) is 102 Å². The van der Waals surface area contributed by atoms with Crippen LogP contribution in [0.2, 0.25) is 0 Å². The summed E-state index contributed by atoms with van der Waals surface area (Å²) in [6.45, 7) is 1.90. The zero-order valence-corrected chi connectivity index (χ0v) is 14.9. The van der Waals surface area contributed by atoms with E-state index in [1.807, 2.05) is 91.9 Å². The molecule has 0 fully saturated rings. The highest BCUT2D eigenvalue weighted by molar-refractivity contribution is 5.89. The molecular weight excluding hydrogens is 320 g/mol. The molecule has 0 saturated carbocycles. The molecule has 1 aliphatic carbocycles. The zero-order valence-electron chi connectivity index (χ0n) is 14.9. The summed E-state index contributed by atoms with van der Waals surface area (Å²) in [6.07, 6.45) is 6.57. The molecule has 4 rings (SSSR count). The van der Waals surface area contributed by atoms with Gasteiger partial charge in [0.05, 0.1) is 5.54 Å². The highest BCUT2D eigenvalue weighted by atomic mass is 16.3. The molecule has 3 heteroatoms. The van der Waals surface area contributed by atoms with Gasteiger partial charge in [-0.15, -0.1) is 0 Å². The largest absolute Gasteiger partial charge is 0.507 e. The van der Waals surface area contributed by atoms with Crippen molar-refractivity contribution in [3.63, 3.8) is 0 Å². The number of nitrogens with two attached hydrogens (primary N) is 2. The van der Waals surface area contributed by atoms with Crippen molar-refractivity contribution in [3.8, 4) is 5.75 Å². The second-order valence-electron chi connectivity index (χ2n) is 6.60. The fourth-order valence-corrected chi connectivity index (χ4v) is 2.99. The molecule has 5 N–H and O–H groups in total. The van der Waals surface area contributed by atoms with Gasteiger partial charge >= 0.3 is 0 Å². The van der Waals surface area contributed by atoms with Gasteiger partial charge in [-0.05, 0) is 35.9 Å². The quantitative estimate of drug-likeness (QED) is 0.609. The van der Waals surface area contributed by atoms with Gasteiger partial charge < -0.3 is 16.6 Å². The maximum absolute atomic E-state index is 9.66. The number of aryl methyl sites for hydroxylation is 1. The molecule has 3 nitrogen and oxygen atoms in total. The van der Waals surface area contributed by atoms with Crippen LogP contribution >= 0.6 is 0 Å². The average molecular weight is 344 g/mol. The van der Waals surface area contributed by atoms with Crippen LogP contribution in [0.25, 0.3) is 10.8 Å². The number of fused-ring (bicyclic) bond motifs is 1. The summed E-state index contributed by atoms with van der Waals surface area (Å²) in [7, 11) is 0. The van der Waals surface area contributed by atoms with E-state index in [1.54, 1.807) is 0 Å². The Hall–Kier alpha value is -3.04. The fourth-order valence-electron chi connectivity index (χ4n) is 2.99. The lowest BCUT2D eigenvalue weighted by atomic mass is 9.84. The summed E-state index contributed by atoms with van der Waals surface area (Å²) < 4.78 is 0. The minimum absolute atomic E-state index is 0.385. The fraction of sp³-hybridized carbons (Fsp3) is 0.130. The van der Waals surface area contributed by atoms with E-state index in [4.69, 9.17) is 11.5 Å². The minimum Gasteiger partial charge on any atom is -0.507 e. The Kier molecular flexibility index (Phi) is 5.10. The zero-order chi connectivity index (χ0) is 18.6. The van der Waals surface area contributed by atoms with Crippen molar-refractivity contribution < 1.29 is 5.11 Å². The van der Waals surface area contributed by atoms with Gasteiger partial charge in [-0.1, -0.05) is 78.9 Å². The van der Waals surface area contributed by atoms with Crippen molar-refractivity contribution in [2.24, 2.45) is 11.5 Å². The van der Waals surface area contributed by atoms with Crippen LogP contribution in [-0.2, 0) is 5.54 Å². The Morgan fingerprint density at radius 2 is 1.62 bits per heavy atom. The third-order valence-corrected chi connectivity index (χ3v) is 4.66. The predicted molar refractivity (Wildman–Crippen MR) is 109 cm³/mol. The second-order valence-corrected chi connectivity index (χ2v) is 6.60. The number of rotatable bonds is 1. The third-order valence-electron chi connectivity index (χ3n) is 4.66. The number of phenols is 1. The summed E-state index contributed by atoms with van der Waals surface area (Å²) in [4.78, 5) is 0. The molecular formula is C23H24N2O. The number of hydrogen-bond donors (Lipinski definition) is 3. The first-order valence-electron chi connectivity index (χ1n) is 8.66. The Balaban J connectivity index is 0.000000152. The number of hydrogen-bond acceptors (Lipinski definition) is 3. The van der Waals surface area contributed by atoms with Crippen LogP contribution in [0.1, 0.15) is 17.5 Å². The van der Waals surface area contributed by atoms with Crippen LogP contribution in [-0.4, -0.2) is 5.11 Å². The molecule has 1 atom stereocenters. The van der Waals surface area contributed by atoms with Crippen molar-refractivity contribution in [1.82, 2.24) is 0 Å². The standard InChI is InChI=1S/C12H14N2.C11H10O/c13-11-6-8-12(14,9-7-11)10-4-2-1-3-5-10;1-8-6-7-9-4-2-3-5-10(9)11(8)12/h1-8H,9,13-14H2;2-7,12H,1H3. The maximum atomic E-state index is 9.66. The summed E-state index contributed by atoms with van der Waals surface area (Å²) in [5.74, 6) is 0.396. The van der Waals surface area contributed by atoms with Gasteiger partial charge in [0.25, 0.3) is 0 Å². The lowest BCUT2D eigenvalue weighted by Crippen LogP contribution is -2.35. The molecule has 1 unspecified atom stereocenters. The first-order valence-corrected chi connectivity index (χ1v) is 8.66. The third kappa shape index (κ3) is 3.79. The number of phenolic OH excluding ortho intramolecular Hbond substituents is 1. The molecule has 0 saturated heterocycles. The normalized spacial score (nSPS) is 18.8. The van der Waals surface area contributed by atoms with Crippen LogP contribution in [0.4, 0.5) is 0 Å². The van der Waals surface area contributed by atoms with Gasteiger partial charge in [0.2, 0.25) is 0 Å². The summed E-state index contributed by atoms with van der Waals surface area (Å²) in [6, 6.07) is 21.8. The van der Waals surface area contributed by atoms with E-state index in [0.29, 0.717) is 5.75 Å². The average Bonchev–Trinajstić information content (AvgIpc) is 2.69. The van der Waals surface area contributed by atoms with Gasteiger partial charge in [0, 0.05) is 11.1 Å². The van der Waals surface area contributed by atoms with Crippen LogP contribution in [0, 0.1) is 6.92 Å². The van der Waals surface area contributed by atoms with Crippen LogP contribution < -0.4 is 11.5 Å². The van der Waals surface area contributed by atoms with Gasteiger partial charge in [-0.25, -0.2) is 0 Å². The van der Waals surface area contributed by atoms with Gasteiger partial charge in [0.15, 0.2) is 0 Å². The highest BCUT2D eigenvalue weighted by Crippen LogP contribution is 2.28. The molecule has 0 aromatic heterocycles. The lowest BCUT2D eigenvalue weighted by Gasteiger charge is -2.27. The molecule has 0 heterocycles. The van der Waals surface area contributed by atoms with Crippen molar-refractivity contribution in [2.75, 3.05) is 0 Å². The smallest absolute Gasteiger partial charge is 0.126 e. The monoisotopic (exact) mass is 344 g/mol. The second kappa shape index (κ2) is 7.46. The highest BCUT2D eigenvalue weighted by Gasteiger charge is 2.24. The Morgan fingerprint density at radius 3 is 2.31 bits per heavy atom. The summed E-state index contributed by atoms with van der Waals surface area (Å²) in [5, 5.41) is 11.7. The lowest BCUT2D eigenvalue weighted by molar-refractivity contribution is 0.477. The van der Waals surface area contributed by atoms with E-state index in [-0.39, 0.29) is 5.54 Å². The maximum Gasteiger partial charge on any atom is 0.126 e. The van der Waals surface area contributed by atoms with E-state index in [0.717, 1.165) is 34.0 Å². The van der Waals surface area contributed by atoms with Crippen LogP contribution in [0.3, 0.4) is 0 Å². The first kappa shape index (κ1) is 17.8. The van der Waals surface area contributed by atoms with Crippen LogP contribution in [0.15, 0.2) is 90.7 Å². The summed E-state index contributed by atoms with van der Waals surface area (Å²) >= 11 is 0. The van der Waals surface area contributed by atoms with Crippen LogP contribution in [0.5, 0.6) is 5.75 Å². The molecule has 3 aromatic carbocycles. The molecule has 132 valence electrons. The van der Waals surface area contributed by atoms with Crippen molar-refractivity contribution >= 4 is 10.8 Å². The number of allylic oxidation sites excluding steroid dienone is 1. The Labute approximate surface area is 154 Å². The minimum atomic E-state index is -0.385. The molecule has 26 heavy (non-hydrogen) atoms. The first-order chi connectivity index (χ1) is 12.5. The molecule has 0 amide bonds.